The molecule has 0 spiro atoms. The predicted molar refractivity (Wildman–Crippen MR) is 69.9 cm³/mol. The quantitative estimate of drug-likeness (QED) is 0.796. The number of hydrogen-bond acceptors (Lipinski definition) is 1. The molecule has 0 amide bonds. The van der Waals surface area contributed by atoms with Crippen LogP contribution in [0.4, 0.5) is 13.2 Å². The first kappa shape index (κ1) is 14.4. The summed E-state index contributed by atoms with van der Waals surface area (Å²) in [7, 11) is 0. The summed E-state index contributed by atoms with van der Waals surface area (Å²) >= 11 is 0. The molecule has 0 aliphatic heterocycles. The van der Waals surface area contributed by atoms with Crippen LogP contribution >= 0.6 is 0 Å². The van der Waals surface area contributed by atoms with Crippen molar-refractivity contribution in [3.63, 3.8) is 0 Å². The average Bonchev–Trinajstić information content (AvgIpc) is 2.32. The molecule has 1 aliphatic rings. The number of nitrogens with two attached hydrogens (primary N) is 1. The minimum absolute atomic E-state index is 0.0313. The monoisotopic (exact) mass is 271 g/mol. The molecule has 1 aliphatic carbocycles. The van der Waals surface area contributed by atoms with Gasteiger partial charge in [-0.1, -0.05) is 31.0 Å². The summed E-state index contributed by atoms with van der Waals surface area (Å²) in [6.45, 7) is 0.651. The second-order valence-electron chi connectivity index (χ2n) is 5.46. The SMILES string of the molecule is NCCCCC1(c2cccc(C(F)(F)F)c2)CCC1. The van der Waals surface area contributed by atoms with Gasteiger partial charge < -0.3 is 5.73 Å². The molecule has 2 N–H and O–H groups in total. The van der Waals surface area contributed by atoms with E-state index in [1.54, 1.807) is 0 Å². The molecule has 1 aromatic carbocycles. The highest BCUT2D eigenvalue weighted by molar-refractivity contribution is 5.33. The lowest BCUT2D eigenvalue weighted by atomic mass is 9.62. The third-order valence-electron chi connectivity index (χ3n) is 4.22. The highest BCUT2D eigenvalue weighted by Gasteiger charge is 2.39. The second-order valence-corrected chi connectivity index (χ2v) is 5.46. The third kappa shape index (κ3) is 3.11. The molecule has 2 rings (SSSR count). The normalized spacial score (nSPS) is 18.1. The van der Waals surface area contributed by atoms with Crippen LogP contribution in [0.3, 0.4) is 0 Å². The molecular formula is C15H20F3N. The molecule has 0 atom stereocenters. The fraction of sp³-hybridized carbons (Fsp3) is 0.600. The molecule has 0 bridgehead atoms. The van der Waals surface area contributed by atoms with Crippen molar-refractivity contribution in [3.05, 3.63) is 35.4 Å². The summed E-state index contributed by atoms with van der Waals surface area (Å²) < 4.78 is 38.3. The van der Waals surface area contributed by atoms with Crippen molar-refractivity contribution in [1.82, 2.24) is 0 Å². The van der Waals surface area contributed by atoms with E-state index in [0.717, 1.165) is 50.2 Å². The number of rotatable bonds is 5. The summed E-state index contributed by atoms with van der Waals surface area (Å²) in [6, 6.07) is 5.86. The van der Waals surface area contributed by atoms with E-state index in [-0.39, 0.29) is 5.41 Å². The van der Waals surface area contributed by atoms with Gasteiger partial charge in [-0.3, -0.25) is 0 Å². The lowest BCUT2D eigenvalue weighted by Crippen LogP contribution is -2.34. The number of alkyl halides is 3. The Kier molecular flexibility index (Phi) is 4.19. The molecule has 4 heteroatoms. The zero-order valence-electron chi connectivity index (χ0n) is 11.0. The zero-order chi connectivity index (χ0) is 13.9. The van der Waals surface area contributed by atoms with Gasteiger partial charge >= 0.3 is 6.18 Å². The smallest absolute Gasteiger partial charge is 0.330 e. The predicted octanol–water partition coefficient (Wildman–Crippen LogP) is 4.26. The summed E-state index contributed by atoms with van der Waals surface area (Å²) in [6.07, 6.45) is 1.74. The van der Waals surface area contributed by atoms with Crippen molar-refractivity contribution in [2.75, 3.05) is 6.54 Å². The first-order valence-corrected chi connectivity index (χ1v) is 6.86. The molecular weight excluding hydrogens is 251 g/mol. The fourth-order valence-corrected chi connectivity index (χ4v) is 2.92. The number of hydrogen-bond donors (Lipinski definition) is 1. The number of unbranched alkanes of at least 4 members (excludes halogenated alkanes) is 1. The summed E-state index contributed by atoms with van der Waals surface area (Å²) in [5.74, 6) is 0. The van der Waals surface area contributed by atoms with Crippen LogP contribution in [0.25, 0.3) is 0 Å². The van der Waals surface area contributed by atoms with E-state index in [2.05, 4.69) is 0 Å². The van der Waals surface area contributed by atoms with Crippen LogP contribution < -0.4 is 5.73 Å². The van der Waals surface area contributed by atoms with Crippen LogP contribution in [0, 0.1) is 0 Å². The van der Waals surface area contributed by atoms with Crippen molar-refractivity contribution in [2.24, 2.45) is 5.73 Å². The highest BCUT2D eigenvalue weighted by Crippen LogP contribution is 2.48. The van der Waals surface area contributed by atoms with Gasteiger partial charge in [-0.25, -0.2) is 0 Å². The van der Waals surface area contributed by atoms with Gasteiger partial charge in [0.1, 0.15) is 0 Å². The van der Waals surface area contributed by atoms with E-state index in [4.69, 9.17) is 5.73 Å². The van der Waals surface area contributed by atoms with E-state index in [9.17, 15) is 13.2 Å². The van der Waals surface area contributed by atoms with Crippen molar-refractivity contribution in [3.8, 4) is 0 Å². The minimum atomic E-state index is -4.25. The molecule has 1 fully saturated rings. The Balaban J connectivity index is 2.19. The van der Waals surface area contributed by atoms with Crippen LogP contribution in [-0.4, -0.2) is 6.54 Å². The maximum absolute atomic E-state index is 12.8. The van der Waals surface area contributed by atoms with Gasteiger partial charge in [0.05, 0.1) is 5.56 Å². The lowest BCUT2D eigenvalue weighted by Gasteiger charge is -2.43. The van der Waals surface area contributed by atoms with Gasteiger partial charge in [0, 0.05) is 0 Å². The Hall–Kier alpha value is -1.03. The second kappa shape index (κ2) is 5.53. The lowest BCUT2D eigenvalue weighted by molar-refractivity contribution is -0.137. The van der Waals surface area contributed by atoms with E-state index in [1.165, 1.54) is 12.1 Å². The molecule has 0 unspecified atom stereocenters. The molecule has 0 saturated heterocycles. The third-order valence-corrected chi connectivity index (χ3v) is 4.22. The van der Waals surface area contributed by atoms with Gasteiger partial charge in [-0.05, 0) is 49.3 Å². The maximum atomic E-state index is 12.8. The van der Waals surface area contributed by atoms with Crippen LogP contribution in [0.2, 0.25) is 0 Å². The van der Waals surface area contributed by atoms with E-state index >= 15 is 0 Å². The Morgan fingerprint density at radius 3 is 2.42 bits per heavy atom. The van der Waals surface area contributed by atoms with Gasteiger partial charge in [-0.2, -0.15) is 13.2 Å². The number of halogens is 3. The molecule has 106 valence electrons. The van der Waals surface area contributed by atoms with Crippen molar-refractivity contribution in [1.29, 1.82) is 0 Å². The van der Waals surface area contributed by atoms with Crippen LogP contribution in [0.1, 0.15) is 49.7 Å². The first-order chi connectivity index (χ1) is 8.98. The summed E-state index contributed by atoms with van der Waals surface area (Å²) in [4.78, 5) is 0. The summed E-state index contributed by atoms with van der Waals surface area (Å²) in [5.41, 5.74) is 5.78. The average molecular weight is 271 g/mol. The maximum Gasteiger partial charge on any atom is 0.416 e. The largest absolute Gasteiger partial charge is 0.416 e. The molecule has 1 saturated carbocycles. The van der Waals surface area contributed by atoms with Gasteiger partial charge in [0.2, 0.25) is 0 Å². The standard InChI is InChI=1S/C15H20F3N/c16-15(17,18)13-6-3-5-12(11-13)14(8-4-9-14)7-1-2-10-19/h3,5-6,11H,1-2,4,7-10,19H2. The van der Waals surface area contributed by atoms with Crippen molar-refractivity contribution < 1.29 is 13.2 Å². The van der Waals surface area contributed by atoms with Crippen LogP contribution in [-0.2, 0) is 11.6 Å². The molecule has 19 heavy (non-hydrogen) atoms. The van der Waals surface area contributed by atoms with Gasteiger partial charge in [0.25, 0.3) is 0 Å². The highest BCUT2D eigenvalue weighted by atomic mass is 19.4. The fourth-order valence-electron chi connectivity index (χ4n) is 2.92. The van der Waals surface area contributed by atoms with E-state index < -0.39 is 11.7 Å². The molecule has 1 aromatic rings. The van der Waals surface area contributed by atoms with E-state index in [1.807, 2.05) is 6.07 Å². The Morgan fingerprint density at radius 2 is 1.89 bits per heavy atom. The first-order valence-electron chi connectivity index (χ1n) is 6.86. The van der Waals surface area contributed by atoms with Crippen LogP contribution in [0.5, 0.6) is 0 Å². The molecule has 0 heterocycles. The van der Waals surface area contributed by atoms with Crippen molar-refractivity contribution in [2.45, 2.75) is 50.1 Å². The molecule has 0 aromatic heterocycles. The zero-order valence-corrected chi connectivity index (χ0v) is 11.0. The molecule has 1 nitrogen and oxygen atoms in total. The Labute approximate surface area is 112 Å². The van der Waals surface area contributed by atoms with Crippen molar-refractivity contribution >= 4 is 0 Å². The Morgan fingerprint density at radius 1 is 1.16 bits per heavy atom. The van der Waals surface area contributed by atoms with Gasteiger partial charge in [-0.15, -0.1) is 0 Å². The van der Waals surface area contributed by atoms with E-state index in [0.29, 0.717) is 6.54 Å². The summed E-state index contributed by atoms with van der Waals surface area (Å²) in [5, 5.41) is 0. The molecule has 0 radical (unpaired) electrons. The van der Waals surface area contributed by atoms with Crippen LogP contribution in [0.15, 0.2) is 24.3 Å². The Bertz CT molecular complexity index is 422. The van der Waals surface area contributed by atoms with Gasteiger partial charge in [0.15, 0.2) is 0 Å². The topological polar surface area (TPSA) is 26.0 Å². The number of benzene rings is 1. The minimum Gasteiger partial charge on any atom is -0.330 e.